The van der Waals surface area contributed by atoms with Gasteiger partial charge in [-0.05, 0) is 59.6 Å². The first-order valence-electron chi connectivity index (χ1n) is 12.7. The lowest BCUT2D eigenvalue weighted by molar-refractivity contribution is -0.138. The van der Waals surface area contributed by atoms with Crippen LogP contribution >= 0.6 is 0 Å². The fourth-order valence-electron chi connectivity index (χ4n) is 5.82. The quantitative estimate of drug-likeness (QED) is 0.279. The Balaban J connectivity index is 1.66. The van der Waals surface area contributed by atoms with Crippen molar-refractivity contribution in [1.29, 1.82) is 0 Å². The second kappa shape index (κ2) is 11.0. The summed E-state index contributed by atoms with van der Waals surface area (Å²) in [4.78, 5) is 26.8. The van der Waals surface area contributed by atoms with Crippen LogP contribution in [0.25, 0.3) is 11.6 Å². The van der Waals surface area contributed by atoms with Crippen LogP contribution in [-0.4, -0.2) is 51.8 Å². The number of aromatic hydroxyl groups is 1. The number of hydrogen-bond donors (Lipinski definition) is 3. The molecule has 1 aliphatic heterocycles. The molecule has 1 fully saturated rings. The third-order valence-corrected chi connectivity index (χ3v) is 7.74. The molecule has 2 amide bonds. The first-order chi connectivity index (χ1) is 17.6. The normalized spacial score (nSPS) is 23.2. The van der Waals surface area contributed by atoms with Crippen molar-refractivity contribution in [2.45, 2.75) is 39.2 Å². The lowest BCUT2D eigenvalue weighted by atomic mass is 9.66. The molecule has 1 aliphatic carbocycles. The molecule has 4 rings (SSSR count). The van der Waals surface area contributed by atoms with Crippen molar-refractivity contribution in [3.63, 3.8) is 0 Å². The molecule has 1 heterocycles. The highest BCUT2D eigenvalue weighted by atomic mass is 19.1. The monoisotopic (exact) mass is 507 g/mol. The Morgan fingerprint density at radius 3 is 2.46 bits per heavy atom. The number of carbonyl (C=O) groups excluding carboxylic acids is 2. The van der Waals surface area contributed by atoms with E-state index >= 15 is 0 Å². The van der Waals surface area contributed by atoms with Crippen LogP contribution in [0.1, 0.15) is 44.2 Å². The Kier molecular flexibility index (Phi) is 7.95. The van der Waals surface area contributed by atoms with Gasteiger partial charge < -0.3 is 15.3 Å². The van der Waals surface area contributed by atoms with E-state index in [1.54, 1.807) is 6.07 Å². The van der Waals surface area contributed by atoms with Gasteiger partial charge in [0.1, 0.15) is 0 Å². The van der Waals surface area contributed by atoms with Gasteiger partial charge in [0.15, 0.2) is 11.6 Å². The van der Waals surface area contributed by atoms with E-state index in [9.17, 15) is 29.3 Å². The van der Waals surface area contributed by atoms with Crippen molar-refractivity contribution >= 4 is 23.5 Å². The van der Waals surface area contributed by atoms with Gasteiger partial charge in [0.2, 0.25) is 11.8 Å². The molecule has 0 spiro atoms. The third kappa shape index (κ3) is 5.24. The SMILES string of the molecule is CC(C)C1=C([C@H](O)CC/C(=C/c2ccc(O)c(F)c2)c2ccccc2)[C@H](CO)[C@@H]2C(=O)N(C)C(=O)[C@@H]2C1. The van der Waals surface area contributed by atoms with Gasteiger partial charge in [-0.3, -0.25) is 14.5 Å². The summed E-state index contributed by atoms with van der Waals surface area (Å²) >= 11 is 0. The molecule has 7 heteroatoms. The molecule has 2 aromatic carbocycles. The van der Waals surface area contributed by atoms with E-state index in [1.807, 2.05) is 50.3 Å². The molecule has 6 nitrogen and oxygen atoms in total. The van der Waals surface area contributed by atoms with E-state index in [-0.39, 0.29) is 24.3 Å². The first-order valence-corrected chi connectivity index (χ1v) is 12.7. The Hall–Kier alpha value is -3.29. The summed E-state index contributed by atoms with van der Waals surface area (Å²) in [5.74, 6) is -3.42. The predicted octanol–water partition coefficient (Wildman–Crippen LogP) is 4.41. The van der Waals surface area contributed by atoms with E-state index in [1.165, 1.54) is 19.2 Å². The molecule has 0 radical (unpaired) electrons. The number of aliphatic hydroxyl groups is 2. The number of nitrogens with zero attached hydrogens (tertiary/aromatic N) is 1. The number of phenols is 1. The molecule has 0 unspecified atom stereocenters. The molecular formula is C30H34FNO5. The van der Waals surface area contributed by atoms with Gasteiger partial charge in [-0.25, -0.2) is 4.39 Å². The largest absolute Gasteiger partial charge is 0.505 e. The predicted molar refractivity (Wildman–Crippen MR) is 139 cm³/mol. The number of aliphatic hydroxyl groups excluding tert-OH is 2. The Labute approximate surface area is 216 Å². The van der Waals surface area contributed by atoms with E-state index in [2.05, 4.69) is 0 Å². The van der Waals surface area contributed by atoms with Crippen LogP contribution in [0, 0.1) is 29.5 Å². The number of rotatable bonds is 8. The zero-order valence-electron chi connectivity index (χ0n) is 21.4. The summed E-state index contributed by atoms with van der Waals surface area (Å²) in [7, 11) is 1.48. The van der Waals surface area contributed by atoms with Crippen LogP contribution in [0.15, 0.2) is 59.7 Å². The molecule has 3 N–H and O–H groups in total. The Bertz CT molecular complexity index is 1240. The molecule has 4 atom stereocenters. The third-order valence-electron chi connectivity index (χ3n) is 7.74. The molecule has 2 aromatic rings. The summed E-state index contributed by atoms with van der Waals surface area (Å²) in [5.41, 5.74) is 3.96. The lowest BCUT2D eigenvalue weighted by Gasteiger charge is -2.38. The molecular weight excluding hydrogens is 473 g/mol. The lowest BCUT2D eigenvalue weighted by Crippen LogP contribution is -2.39. The molecule has 37 heavy (non-hydrogen) atoms. The summed E-state index contributed by atoms with van der Waals surface area (Å²) in [6.07, 6.45) is 2.07. The smallest absolute Gasteiger partial charge is 0.233 e. The van der Waals surface area contributed by atoms with E-state index in [0.29, 0.717) is 30.4 Å². The number of imide groups is 1. The standard InChI is InChI=1S/C30H34FNO5/c1-17(2)21-15-22-28(30(37)32(3)29(22)36)23(16-33)27(21)26(35)12-10-20(19-7-5-4-6-8-19)13-18-9-11-25(34)24(31)14-18/h4-9,11,13-14,17,22-23,26,28,33-35H,10,12,15-16H2,1-3H3/b20-13-/t22-,23+,26-,28-/m1/s1. The number of phenolic OH excluding ortho intramolecular Hbond substituents is 1. The topological polar surface area (TPSA) is 98.1 Å². The summed E-state index contributed by atoms with van der Waals surface area (Å²) in [5, 5.41) is 31.4. The van der Waals surface area contributed by atoms with Crippen molar-refractivity contribution < 1.29 is 29.3 Å². The number of amides is 2. The van der Waals surface area contributed by atoms with Crippen LogP contribution in [0.3, 0.4) is 0 Å². The summed E-state index contributed by atoms with van der Waals surface area (Å²) in [6.45, 7) is 3.66. The molecule has 1 saturated heterocycles. The van der Waals surface area contributed by atoms with Crippen LogP contribution in [0.5, 0.6) is 5.75 Å². The van der Waals surface area contributed by atoms with Crippen molar-refractivity contribution in [2.75, 3.05) is 13.7 Å². The maximum atomic E-state index is 14.0. The number of benzene rings is 2. The highest BCUT2D eigenvalue weighted by Crippen LogP contribution is 2.47. The zero-order chi connectivity index (χ0) is 26.9. The molecule has 0 bridgehead atoms. The van der Waals surface area contributed by atoms with Crippen molar-refractivity contribution in [3.05, 3.63) is 76.6 Å². The van der Waals surface area contributed by atoms with Crippen LogP contribution < -0.4 is 0 Å². The van der Waals surface area contributed by atoms with Crippen LogP contribution in [0.2, 0.25) is 0 Å². The molecule has 0 aromatic heterocycles. The van der Waals surface area contributed by atoms with E-state index < -0.39 is 35.4 Å². The molecule has 0 saturated carbocycles. The van der Waals surface area contributed by atoms with Gasteiger partial charge >= 0.3 is 0 Å². The highest BCUT2D eigenvalue weighted by Gasteiger charge is 2.53. The van der Waals surface area contributed by atoms with E-state index in [0.717, 1.165) is 21.6 Å². The van der Waals surface area contributed by atoms with Gasteiger partial charge in [-0.1, -0.05) is 61.9 Å². The number of hydrogen-bond acceptors (Lipinski definition) is 5. The average molecular weight is 508 g/mol. The van der Waals surface area contributed by atoms with Crippen LogP contribution in [0.4, 0.5) is 4.39 Å². The van der Waals surface area contributed by atoms with Gasteiger partial charge in [-0.2, -0.15) is 0 Å². The first kappa shape index (κ1) is 26.8. The second-order valence-electron chi connectivity index (χ2n) is 10.3. The van der Waals surface area contributed by atoms with Gasteiger partial charge in [-0.15, -0.1) is 0 Å². The number of carbonyl (C=O) groups is 2. The van der Waals surface area contributed by atoms with Crippen LogP contribution in [-0.2, 0) is 9.59 Å². The number of allylic oxidation sites excluding steroid dienone is 2. The minimum Gasteiger partial charge on any atom is -0.505 e. The molecule has 2 aliphatic rings. The number of halogens is 1. The van der Waals surface area contributed by atoms with Crippen molar-refractivity contribution in [3.8, 4) is 5.75 Å². The Morgan fingerprint density at radius 2 is 1.84 bits per heavy atom. The highest BCUT2D eigenvalue weighted by molar-refractivity contribution is 6.05. The van der Waals surface area contributed by atoms with Crippen molar-refractivity contribution in [1.82, 2.24) is 4.90 Å². The summed E-state index contributed by atoms with van der Waals surface area (Å²) in [6, 6.07) is 13.8. The van der Waals surface area contributed by atoms with Crippen molar-refractivity contribution in [2.24, 2.45) is 23.7 Å². The number of fused-ring (bicyclic) bond motifs is 1. The van der Waals surface area contributed by atoms with Gasteiger partial charge in [0.25, 0.3) is 0 Å². The fraction of sp³-hybridized carbons (Fsp3) is 0.400. The minimum atomic E-state index is -0.923. The van der Waals surface area contributed by atoms with Gasteiger partial charge in [0.05, 0.1) is 24.5 Å². The second-order valence-corrected chi connectivity index (χ2v) is 10.3. The maximum Gasteiger partial charge on any atom is 0.233 e. The zero-order valence-corrected chi connectivity index (χ0v) is 21.4. The summed E-state index contributed by atoms with van der Waals surface area (Å²) < 4.78 is 14.0. The average Bonchev–Trinajstić information content (AvgIpc) is 3.11. The minimum absolute atomic E-state index is 0.0394. The van der Waals surface area contributed by atoms with Gasteiger partial charge in [0, 0.05) is 13.0 Å². The molecule has 196 valence electrons. The fourth-order valence-corrected chi connectivity index (χ4v) is 5.82. The van der Waals surface area contributed by atoms with E-state index in [4.69, 9.17) is 0 Å². The maximum absolute atomic E-state index is 14.0. The Morgan fingerprint density at radius 1 is 1.14 bits per heavy atom. The number of likely N-dealkylation sites (tertiary alicyclic amines) is 1.